The van der Waals surface area contributed by atoms with Gasteiger partial charge >= 0.3 is 5.97 Å². The minimum atomic E-state index is -0.916. The molecule has 1 aliphatic carbocycles. The zero-order valence-electron chi connectivity index (χ0n) is 12.3. The van der Waals surface area contributed by atoms with E-state index in [1.807, 2.05) is 5.38 Å². The second-order valence-electron chi connectivity index (χ2n) is 6.19. The fourth-order valence-corrected chi connectivity index (χ4v) is 3.54. The van der Waals surface area contributed by atoms with E-state index in [0.717, 1.165) is 17.6 Å². The second kappa shape index (κ2) is 6.57. The maximum atomic E-state index is 11.2. The molecule has 0 amide bonds. The molecule has 0 unspecified atom stereocenters. The average molecular weight is 296 g/mol. The predicted octanol–water partition coefficient (Wildman–Crippen LogP) is 3.89. The van der Waals surface area contributed by atoms with Crippen LogP contribution in [0.2, 0.25) is 0 Å². The molecule has 0 saturated heterocycles. The summed E-state index contributed by atoms with van der Waals surface area (Å²) in [7, 11) is 0. The zero-order valence-corrected chi connectivity index (χ0v) is 13.1. The van der Waals surface area contributed by atoms with E-state index in [1.54, 1.807) is 13.8 Å². The molecule has 112 valence electrons. The molecular weight excluding hydrogens is 272 g/mol. The largest absolute Gasteiger partial charge is 0.481 e. The molecule has 2 N–H and O–H groups in total. The number of aliphatic carboxylic acids is 1. The number of anilines is 1. The molecule has 20 heavy (non-hydrogen) atoms. The molecule has 4 nitrogen and oxygen atoms in total. The number of rotatable bonds is 7. The van der Waals surface area contributed by atoms with Crippen molar-refractivity contribution in [2.75, 3.05) is 11.9 Å². The number of nitrogens with zero attached hydrogens (tertiary/aromatic N) is 1. The Kier molecular flexibility index (Phi) is 5.02. The Morgan fingerprint density at radius 2 is 2.20 bits per heavy atom. The Balaban J connectivity index is 1.76. The highest BCUT2D eigenvalue weighted by Gasteiger charge is 2.32. The van der Waals surface area contributed by atoms with Crippen LogP contribution in [-0.2, 0) is 10.2 Å². The van der Waals surface area contributed by atoms with Crippen molar-refractivity contribution in [2.45, 2.75) is 57.8 Å². The molecule has 0 bridgehead atoms. The molecule has 1 heterocycles. The Bertz CT molecular complexity index is 450. The summed E-state index contributed by atoms with van der Waals surface area (Å²) in [6, 6.07) is 0. The zero-order chi connectivity index (χ0) is 14.6. The number of carboxylic acids is 1. The topological polar surface area (TPSA) is 62.2 Å². The molecule has 1 aromatic rings. The van der Waals surface area contributed by atoms with E-state index in [0.29, 0.717) is 5.69 Å². The molecule has 1 saturated carbocycles. The monoisotopic (exact) mass is 296 g/mol. The van der Waals surface area contributed by atoms with Gasteiger partial charge in [-0.25, -0.2) is 4.98 Å². The lowest BCUT2D eigenvalue weighted by Crippen LogP contribution is -2.28. The summed E-state index contributed by atoms with van der Waals surface area (Å²) in [5.74, 6) is 0.0881. The van der Waals surface area contributed by atoms with Gasteiger partial charge in [0.25, 0.3) is 0 Å². The smallest absolute Gasteiger partial charge is 0.315 e. The fraction of sp³-hybridized carbons (Fsp3) is 0.733. The van der Waals surface area contributed by atoms with Gasteiger partial charge in [-0.05, 0) is 32.6 Å². The predicted molar refractivity (Wildman–Crippen MR) is 82.5 cm³/mol. The van der Waals surface area contributed by atoms with Gasteiger partial charge in [0, 0.05) is 11.9 Å². The van der Waals surface area contributed by atoms with E-state index in [2.05, 4.69) is 10.3 Å². The number of aromatic nitrogens is 1. The molecular formula is C15H24N2O2S. The van der Waals surface area contributed by atoms with E-state index < -0.39 is 11.4 Å². The Morgan fingerprint density at radius 3 is 2.85 bits per heavy atom. The van der Waals surface area contributed by atoms with Crippen molar-refractivity contribution >= 4 is 22.4 Å². The van der Waals surface area contributed by atoms with Crippen LogP contribution in [0.1, 0.15) is 58.1 Å². The summed E-state index contributed by atoms with van der Waals surface area (Å²) in [5, 5.41) is 15.2. The summed E-state index contributed by atoms with van der Waals surface area (Å²) < 4.78 is 0. The molecule has 0 radical (unpaired) electrons. The van der Waals surface area contributed by atoms with Crippen LogP contribution >= 0.6 is 11.3 Å². The third-order valence-electron chi connectivity index (χ3n) is 4.22. The van der Waals surface area contributed by atoms with E-state index in [4.69, 9.17) is 0 Å². The third-order valence-corrected chi connectivity index (χ3v) is 5.02. The van der Waals surface area contributed by atoms with Crippen LogP contribution in [0.3, 0.4) is 0 Å². The number of thiazole rings is 1. The maximum Gasteiger partial charge on any atom is 0.315 e. The van der Waals surface area contributed by atoms with E-state index >= 15 is 0 Å². The number of nitrogens with one attached hydrogen (secondary N) is 1. The van der Waals surface area contributed by atoms with Crippen LogP contribution in [0.15, 0.2) is 5.38 Å². The molecule has 2 rings (SSSR count). The highest BCUT2D eigenvalue weighted by atomic mass is 32.1. The molecule has 0 aliphatic heterocycles. The van der Waals surface area contributed by atoms with Gasteiger partial charge in [0.2, 0.25) is 0 Å². The summed E-state index contributed by atoms with van der Waals surface area (Å²) in [6.45, 7) is 4.31. The quantitative estimate of drug-likeness (QED) is 0.749. The highest BCUT2D eigenvalue weighted by Crippen LogP contribution is 2.29. The van der Waals surface area contributed by atoms with Crippen LogP contribution in [0.25, 0.3) is 0 Å². The number of hydrogen-bond donors (Lipinski definition) is 2. The molecule has 1 aliphatic rings. The highest BCUT2D eigenvalue weighted by molar-refractivity contribution is 7.13. The van der Waals surface area contributed by atoms with Gasteiger partial charge < -0.3 is 10.4 Å². The summed E-state index contributed by atoms with van der Waals surface area (Å²) in [6.07, 6.45) is 8.06. The number of carboxylic acid groups (broad SMARTS) is 1. The van der Waals surface area contributed by atoms with Gasteiger partial charge in [0.15, 0.2) is 5.13 Å². The molecule has 0 atom stereocenters. The normalized spacial score (nSPS) is 16.5. The lowest BCUT2D eigenvalue weighted by atomic mass is 9.90. The minimum absolute atomic E-state index is 0.633. The molecule has 1 aromatic heterocycles. The van der Waals surface area contributed by atoms with Crippen LogP contribution < -0.4 is 5.32 Å². The lowest BCUT2D eigenvalue weighted by Gasteiger charge is -2.15. The van der Waals surface area contributed by atoms with Gasteiger partial charge in [0.05, 0.1) is 5.69 Å². The van der Waals surface area contributed by atoms with Crippen molar-refractivity contribution in [3.63, 3.8) is 0 Å². The van der Waals surface area contributed by atoms with Gasteiger partial charge in [0.1, 0.15) is 5.41 Å². The first kappa shape index (κ1) is 15.3. The molecule has 0 spiro atoms. The van der Waals surface area contributed by atoms with E-state index in [-0.39, 0.29) is 0 Å². The van der Waals surface area contributed by atoms with Gasteiger partial charge in [-0.2, -0.15) is 0 Å². The Labute approximate surface area is 124 Å². The van der Waals surface area contributed by atoms with Crippen LogP contribution in [0.4, 0.5) is 5.13 Å². The van der Waals surface area contributed by atoms with Crippen molar-refractivity contribution in [1.82, 2.24) is 4.98 Å². The van der Waals surface area contributed by atoms with Gasteiger partial charge in [-0.1, -0.05) is 25.7 Å². The second-order valence-corrected chi connectivity index (χ2v) is 7.05. The SMILES string of the molecule is CC(C)(C(=O)O)c1csc(NCCCC2CCCC2)n1. The Morgan fingerprint density at radius 1 is 1.50 bits per heavy atom. The molecule has 0 aromatic carbocycles. The molecule has 1 fully saturated rings. The summed E-state index contributed by atoms with van der Waals surface area (Å²) >= 11 is 1.49. The van der Waals surface area contributed by atoms with E-state index in [9.17, 15) is 9.90 Å². The summed E-state index contributed by atoms with van der Waals surface area (Å²) in [5.41, 5.74) is -0.284. The standard InChI is InChI=1S/C15H24N2O2S/c1-15(2,13(18)19)12-10-20-14(17-12)16-9-5-8-11-6-3-4-7-11/h10-11H,3-9H2,1-2H3,(H,16,17)(H,18,19). The fourth-order valence-electron chi connectivity index (χ4n) is 2.64. The lowest BCUT2D eigenvalue weighted by molar-refractivity contribution is -0.142. The van der Waals surface area contributed by atoms with Crippen molar-refractivity contribution in [1.29, 1.82) is 0 Å². The summed E-state index contributed by atoms with van der Waals surface area (Å²) in [4.78, 5) is 15.6. The van der Waals surface area contributed by atoms with Crippen LogP contribution in [-0.4, -0.2) is 22.6 Å². The maximum absolute atomic E-state index is 11.2. The molecule has 5 heteroatoms. The van der Waals surface area contributed by atoms with Crippen molar-refractivity contribution in [2.24, 2.45) is 5.92 Å². The van der Waals surface area contributed by atoms with Gasteiger partial charge in [-0.3, -0.25) is 4.79 Å². The first-order chi connectivity index (χ1) is 9.50. The van der Waals surface area contributed by atoms with Gasteiger partial charge in [-0.15, -0.1) is 11.3 Å². The Hall–Kier alpha value is -1.10. The minimum Gasteiger partial charge on any atom is -0.481 e. The van der Waals surface area contributed by atoms with Crippen LogP contribution in [0.5, 0.6) is 0 Å². The van der Waals surface area contributed by atoms with Crippen molar-refractivity contribution < 1.29 is 9.90 Å². The first-order valence-corrected chi connectivity index (χ1v) is 8.31. The number of carbonyl (C=O) groups is 1. The average Bonchev–Trinajstić information content (AvgIpc) is 3.06. The first-order valence-electron chi connectivity index (χ1n) is 7.43. The number of hydrogen-bond acceptors (Lipinski definition) is 4. The van der Waals surface area contributed by atoms with Crippen molar-refractivity contribution in [3.05, 3.63) is 11.1 Å². The van der Waals surface area contributed by atoms with E-state index in [1.165, 1.54) is 49.9 Å². The van der Waals surface area contributed by atoms with Crippen molar-refractivity contribution in [3.8, 4) is 0 Å². The van der Waals surface area contributed by atoms with Crippen LogP contribution in [0, 0.1) is 5.92 Å². The third kappa shape index (κ3) is 3.72.